The molecule has 0 bridgehead atoms. The number of aliphatic hydroxyl groups excluding tert-OH is 3. The fourth-order valence-corrected chi connectivity index (χ4v) is 5.48. The Morgan fingerprint density at radius 1 is 0.882 bits per heavy atom. The van der Waals surface area contributed by atoms with Gasteiger partial charge < -0.3 is 63.2 Å². The number of hydrogen-bond donors (Lipinski definition) is 6. The molecule has 5 aromatic rings. The first-order valence-corrected chi connectivity index (χ1v) is 15.1. The van der Waals surface area contributed by atoms with E-state index in [2.05, 4.69) is 0 Å². The molecule has 0 spiro atoms. The summed E-state index contributed by atoms with van der Waals surface area (Å²) in [6.45, 7) is -0.599. The number of phenolic OH excluding ortho intramolecular Hbond substituents is 2. The molecule has 51 heavy (non-hydrogen) atoms. The van der Waals surface area contributed by atoms with Crippen LogP contribution < -0.4 is 19.6 Å². The minimum absolute atomic E-state index is 0.000219. The fraction of sp³-hybridized carbons (Fsp3) is 0.229. The van der Waals surface area contributed by atoms with Crippen molar-refractivity contribution in [2.75, 3.05) is 20.8 Å². The molecule has 16 heteroatoms. The number of rotatable bonds is 10. The predicted octanol–water partition coefficient (Wildman–Crippen LogP) is 2.42. The number of esters is 1. The topological polar surface area (TPSA) is 249 Å². The quantitative estimate of drug-likeness (QED) is 0.0693. The largest absolute Gasteiger partial charge is 0.508 e. The maximum Gasteiger partial charge on any atom is 0.371 e. The number of carboxylic acid groups (broad SMARTS) is 1. The maximum absolute atomic E-state index is 12.5. The molecule has 0 radical (unpaired) electrons. The zero-order chi connectivity index (χ0) is 36.6. The SMILES string of the molecule is COc1cc(-c2oc3cc(=[OH+])cc4oc(C(=O)O)cc(c2OC2O[C@H](COC(=O)/C=C/c5ccc(O)cc5)[C@@H](O)[C@H](O)[C@H]2O)c43)cc(OC)c1O. The zero-order valence-electron chi connectivity index (χ0n) is 26.7. The van der Waals surface area contributed by atoms with E-state index in [1.807, 2.05) is 0 Å². The van der Waals surface area contributed by atoms with Gasteiger partial charge in [-0.15, -0.1) is 0 Å². The molecule has 6 rings (SSSR count). The summed E-state index contributed by atoms with van der Waals surface area (Å²) in [6.07, 6.45) is -6.27. The molecule has 0 saturated carbocycles. The van der Waals surface area contributed by atoms with E-state index in [0.29, 0.717) is 5.56 Å². The van der Waals surface area contributed by atoms with E-state index >= 15 is 0 Å². The molecule has 1 saturated heterocycles. The predicted molar refractivity (Wildman–Crippen MR) is 174 cm³/mol. The highest BCUT2D eigenvalue weighted by Gasteiger charge is 2.46. The van der Waals surface area contributed by atoms with E-state index in [0.717, 1.165) is 18.2 Å². The number of methoxy groups -OCH3 is 2. The maximum atomic E-state index is 12.5. The Kier molecular flexibility index (Phi) is 9.58. The lowest BCUT2D eigenvalue weighted by molar-refractivity contribution is -0.278. The van der Waals surface area contributed by atoms with Gasteiger partial charge in [-0.1, -0.05) is 12.1 Å². The van der Waals surface area contributed by atoms with Crippen LogP contribution in [0.4, 0.5) is 0 Å². The van der Waals surface area contributed by atoms with Gasteiger partial charge in [-0.25, -0.2) is 9.59 Å². The lowest BCUT2D eigenvalue weighted by Crippen LogP contribution is -2.60. The highest BCUT2D eigenvalue weighted by molar-refractivity contribution is 6.11. The van der Waals surface area contributed by atoms with Crippen LogP contribution in [0.5, 0.6) is 28.7 Å². The van der Waals surface area contributed by atoms with Crippen LogP contribution in [0.3, 0.4) is 0 Å². The van der Waals surface area contributed by atoms with Gasteiger partial charge in [-0.2, -0.15) is 0 Å². The average molecular weight is 708 g/mol. The van der Waals surface area contributed by atoms with Gasteiger partial charge in [0.05, 0.1) is 31.7 Å². The third-order valence-corrected chi connectivity index (χ3v) is 8.03. The van der Waals surface area contributed by atoms with E-state index in [9.17, 15) is 45.0 Å². The Morgan fingerprint density at radius 2 is 1.53 bits per heavy atom. The first-order chi connectivity index (χ1) is 24.4. The van der Waals surface area contributed by atoms with E-state index in [1.165, 1.54) is 50.6 Å². The second-order valence-electron chi connectivity index (χ2n) is 11.3. The van der Waals surface area contributed by atoms with Crippen molar-refractivity contribution in [3.63, 3.8) is 0 Å². The monoisotopic (exact) mass is 707 g/mol. The summed E-state index contributed by atoms with van der Waals surface area (Å²) in [5, 5.41) is 62.5. The molecule has 3 heterocycles. The number of aromatic carboxylic acids is 1. The number of aromatic hydroxyl groups is 2. The highest BCUT2D eigenvalue weighted by Crippen LogP contribution is 2.47. The molecule has 5 atom stereocenters. The minimum atomic E-state index is -1.91. The number of ether oxygens (including phenoxy) is 5. The van der Waals surface area contributed by atoms with Crippen molar-refractivity contribution >= 4 is 40.0 Å². The van der Waals surface area contributed by atoms with Gasteiger partial charge in [0.25, 0.3) is 0 Å². The van der Waals surface area contributed by atoms with Crippen molar-refractivity contribution in [3.05, 3.63) is 77.4 Å². The van der Waals surface area contributed by atoms with Crippen LogP contribution >= 0.6 is 0 Å². The van der Waals surface area contributed by atoms with Crippen molar-refractivity contribution in [2.24, 2.45) is 0 Å². The fourth-order valence-electron chi connectivity index (χ4n) is 5.48. The first kappa shape index (κ1) is 34.8. The Morgan fingerprint density at radius 3 is 2.16 bits per heavy atom. The number of aliphatic hydroxyl groups is 3. The molecule has 266 valence electrons. The molecule has 1 fully saturated rings. The number of benzene rings is 3. The van der Waals surface area contributed by atoms with E-state index < -0.39 is 55.0 Å². The summed E-state index contributed by atoms with van der Waals surface area (Å²) in [4.78, 5) is 35.0. The number of carbonyl (C=O) groups excluding carboxylic acids is 1. The van der Waals surface area contributed by atoms with Gasteiger partial charge >= 0.3 is 17.4 Å². The van der Waals surface area contributed by atoms with Gasteiger partial charge in [-0.05, 0) is 35.9 Å². The van der Waals surface area contributed by atoms with Crippen LogP contribution in [0.25, 0.3) is 39.3 Å². The average Bonchev–Trinajstić information content (AvgIpc) is 3.11. The summed E-state index contributed by atoms with van der Waals surface area (Å²) in [6, 6.07) is 12.2. The standard InChI is InChI=1S/C35H30O16/c1-45-22-9-16(10-23(46-2)28(22)39)32-33(19-13-24(34(43)44)48-20-11-18(37)12-21(49-32)27(19)20)51-35-31(42)30(41)29(40)25(50-35)14-47-26(38)8-5-15-3-6-17(36)7-4-15/h3-13,25,29-31,35-36,39-42H,14H2,1-2H3,(H,43,44)/p+1/b8-5+/t25-,29-,30+,31-,35?/m1/s1. The summed E-state index contributed by atoms with van der Waals surface area (Å²) in [7, 11) is 2.57. The van der Waals surface area contributed by atoms with Gasteiger partial charge in [-0.3, -0.25) is 4.79 Å². The van der Waals surface area contributed by atoms with Gasteiger partial charge in [0.15, 0.2) is 23.0 Å². The smallest absolute Gasteiger partial charge is 0.371 e. The van der Waals surface area contributed by atoms with Crippen LogP contribution in [0, 0.1) is 0 Å². The van der Waals surface area contributed by atoms with Crippen molar-refractivity contribution in [3.8, 4) is 40.1 Å². The van der Waals surface area contributed by atoms with Crippen molar-refractivity contribution in [2.45, 2.75) is 30.7 Å². The van der Waals surface area contributed by atoms with Crippen molar-refractivity contribution < 1.29 is 77.5 Å². The van der Waals surface area contributed by atoms with Crippen molar-refractivity contribution in [1.82, 2.24) is 0 Å². The van der Waals surface area contributed by atoms with Crippen LogP contribution in [-0.4, -0.2) is 98.9 Å². The molecular formula is C35H31O16+. The minimum Gasteiger partial charge on any atom is -0.508 e. The molecule has 7 N–H and O–H groups in total. The second kappa shape index (κ2) is 14.0. The van der Waals surface area contributed by atoms with Crippen LogP contribution in [0.1, 0.15) is 16.1 Å². The zero-order valence-corrected chi connectivity index (χ0v) is 26.7. The van der Waals surface area contributed by atoms with Crippen LogP contribution in [0.15, 0.2) is 69.5 Å². The number of hydrogen-bond acceptors (Lipinski definition) is 14. The summed E-state index contributed by atoms with van der Waals surface area (Å²) < 4.78 is 39.5. The lowest BCUT2D eigenvalue weighted by atomic mass is 9.99. The molecule has 16 nitrogen and oxygen atoms in total. The van der Waals surface area contributed by atoms with E-state index in [1.54, 1.807) is 12.1 Å². The molecule has 0 amide bonds. The van der Waals surface area contributed by atoms with E-state index in [4.69, 9.17) is 32.5 Å². The molecule has 3 aromatic carbocycles. The third-order valence-electron chi connectivity index (χ3n) is 8.03. The van der Waals surface area contributed by atoms with Crippen LogP contribution in [0.2, 0.25) is 0 Å². The normalized spacial score (nSPS) is 20.5. The Hall–Kier alpha value is -6.07. The molecule has 1 aliphatic heterocycles. The van der Waals surface area contributed by atoms with Crippen LogP contribution in [-0.2, 0) is 14.3 Å². The summed E-state index contributed by atoms with van der Waals surface area (Å²) in [5.74, 6) is -3.78. The molecule has 1 aliphatic rings. The van der Waals surface area contributed by atoms with Gasteiger partial charge in [0, 0.05) is 23.1 Å². The number of phenols is 2. The lowest BCUT2D eigenvalue weighted by Gasteiger charge is -2.40. The second-order valence-corrected chi connectivity index (χ2v) is 11.3. The number of carbonyl (C=O) groups is 2. The Balaban J connectivity index is 1.41. The number of carboxylic acids is 1. The highest BCUT2D eigenvalue weighted by atomic mass is 16.7. The molecule has 1 unspecified atom stereocenters. The van der Waals surface area contributed by atoms with Gasteiger partial charge in [0.2, 0.25) is 17.8 Å². The third kappa shape index (κ3) is 6.88. The van der Waals surface area contributed by atoms with Gasteiger partial charge in [0.1, 0.15) is 47.9 Å². The Bertz CT molecular complexity index is 2170. The molecule has 2 aromatic heterocycles. The molecular weight excluding hydrogens is 676 g/mol. The van der Waals surface area contributed by atoms with E-state index in [-0.39, 0.29) is 67.4 Å². The summed E-state index contributed by atoms with van der Waals surface area (Å²) in [5.41, 5.74) is 0.260. The van der Waals surface area contributed by atoms with Crippen molar-refractivity contribution in [1.29, 1.82) is 0 Å². The Labute approximate surface area is 286 Å². The summed E-state index contributed by atoms with van der Waals surface area (Å²) >= 11 is 0. The molecule has 0 aliphatic carbocycles. The first-order valence-electron chi connectivity index (χ1n) is 15.1.